The summed E-state index contributed by atoms with van der Waals surface area (Å²) in [5.74, 6) is 1.01. The summed E-state index contributed by atoms with van der Waals surface area (Å²) in [4.78, 5) is 15.7. The van der Waals surface area contributed by atoms with E-state index in [2.05, 4.69) is 31.1 Å². The molecule has 0 radical (unpaired) electrons. The number of hydrogen-bond acceptors (Lipinski definition) is 3. The van der Waals surface area contributed by atoms with Crippen molar-refractivity contribution < 1.29 is 4.79 Å². The molecule has 1 amide bonds. The van der Waals surface area contributed by atoms with Crippen molar-refractivity contribution >= 4 is 23.3 Å². The summed E-state index contributed by atoms with van der Waals surface area (Å²) in [6.07, 6.45) is 1.39. The number of amides is 1. The minimum atomic E-state index is -0.211. The topological polar surface area (TPSA) is 68.0 Å². The van der Waals surface area contributed by atoms with E-state index in [9.17, 15) is 4.79 Å². The van der Waals surface area contributed by atoms with Gasteiger partial charge in [0.15, 0.2) is 0 Å². The fourth-order valence-corrected chi connectivity index (χ4v) is 1.40. The number of carbonyl (C=O) groups excluding carboxylic acids is 1. The Morgan fingerprint density at radius 1 is 1.53 bits per heavy atom. The number of rotatable bonds is 4. The standard InChI is InChI=1S/C12H18ClN3O/c1-7(2)8(3)5-16-12(17)9-4-11(14)15-6-10(9)13/h4,6-8H,5H2,1-3H3,(H2,14,15)(H,16,17). The molecular weight excluding hydrogens is 238 g/mol. The van der Waals surface area contributed by atoms with Crippen molar-refractivity contribution in [1.82, 2.24) is 10.3 Å². The first kappa shape index (κ1) is 13.8. The number of nitrogens with two attached hydrogens (primary N) is 1. The molecule has 1 rings (SSSR count). The van der Waals surface area contributed by atoms with E-state index in [-0.39, 0.29) is 11.7 Å². The first-order chi connectivity index (χ1) is 7.91. The monoisotopic (exact) mass is 255 g/mol. The maximum atomic E-state index is 11.9. The van der Waals surface area contributed by atoms with Crippen LogP contribution in [0, 0.1) is 11.8 Å². The number of nitrogens with zero attached hydrogens (tertiary/aromatic N) is 1. The van der Waals surface area contributed by atoms with E-state index in [1.165, 1.54) is 12.3 Å². The molecule has 0 aliphatic heterocycles. The Morgan fingerprint density at radius 3 is 2.76 bits per heavy atom. The van der Waals surface area contributed by atoms with Gasteiger partial charge in [0, 0.05) is 12.7 Å². The number of aromatic nitrogens is 1. The van der Waals surface area contributed by atoms with Crippen LogP contribution in [0.25, 0.3) is 0 Å². The van der Waals surface area contributed by atoms with Crippen LogP contribution in [0.2, 0.25) is 5.02 Å². The number of nitrogen functional groups attached to an aromatic ring is 1. The van der Waals surface area contributed by atoms with Gasteiger partial charge in [-0.25, -0.2) is 4.98 Å². The Morgan fingerprint density at radius 2 is 2.18 bits per heavy atom. The van der Waals surface area contributed by atoms with Gasteiger partial charge in [0.25, 0.3) is 5.91 Å². The summed E-state index contributed by atoms with van der Waals surface area (Å²) in [6.45, 7) is 6.95. The summed E-state index contributed by atoms with van der Waals surface area (Å²) in [5, 5.41) is 3.16. The minimum absolute atomic E-state index is 0.211. The minimum Gasteiger partial charge on any atom is -0.384 e. The molecule has 0 saturated heterocycles. The second-order valence-electron chi connectivity index (χ2n) is 4.52. The van der Waals surface area contributed by atoms with Gasteiger partial charge in [-0.05, 0) is 17.9 Å². The van der Waals surface area contributed by atoms with Crippen molar-refractivity contribution in [3.05, 3.63) is 22.8 Å². The maximum absolute atomic E-state index is 11.9. The van der Waals surface area contributed by atoms with Crippen molar-refractivity contribution in [2.24, 2.45) is 11.8 Å². The molecule has 0 saturated carbocycles. The van der Waals surface area contributed by atoms with Gasteiger partial charge in [-0.3, -0.25) is 4.79 Å². The van der Waals surface area contributed by atoms with Gasteiger partial charge in [0.1, 0.15) is 5.82 Å². The second kappa shape index (κ2) is 5.87. The van der Waals surface area contributed by atoms with E-state index in [1.54, 1.807) is 0 Å². The maximum Gasteiger partial charge on any atom is 0.252 e. The summed E-state index contributed by atoms with van der Waals surface area (Å²) in [5.41, 5.74) is 5.89. The fraction of sp³-hybridized carbons (Fsp3) is 0.500. The van der Waals surface area contributed by atoms with Crippen LogP contribution in [0.3, 0.4) is 0 Å². The highest BCUT2D eigenvalue weighted by Crippen LogP contribution is 2.16. The smallest absolute Gasteiger partial charge is 0.252 e. The van der Waals surface area contributed by atoms with Crippen LogP contribution in [0.1, 0.15) is 31.1 Å². The quantitative estimate of drug-likeness (QED) is 0.868. The third-order valence-corrected chi connectivity index (χ3v) is 3.14. The SMILES string of the molecule is CC(C)C(C)CNC(=O)c1cc(N)ncc1Cl. The van der Waals surface area contributed by atoms with E-state index in [1.807, 2.05) is 0 Å². The number of halogens is 1. The van der Waals surface area contributed by atoms with E-state index in [0.717, 1.165) is 0 Å². The molecule has 3 N–H and O–H groups in total. The van der Waals surface area contributed by atoms with Gasteiger partial charge in [-0.2, -0.15) is 0 Å². The zero-order valence-corrected chi connectivity index (χ0v) is 11.1. The third-order valence-electron chi connectivity index (χ3n) is 2.84. The van der Waals surface area contributed by atoms with Crippen LogP contribution in [0.5, 0.6) is 0 Å². The van der Waals surface area contributed by atoms with Gasteiger partial charge in [0.2, 0.25) is 0 Å². The van der Waals surface area contributed by atoms with E-state index in [0.29, 0.717) is 29.0 Å². The van der Waals surface area contributed by atoms with Gasteiger partial charge in [-0.15, -0.1) is 0 Å². The molecule has 0 aliphatic rings. The lowest BCUT2D eigenvalue weighted by Crippen LogP contribution is -2.30. The Labute approximate surface area is 107 Å². The molecule has 1 atom stereocenters. The van der Waals surface area contributed by atoms with Gasteiger partial charge in [0.05, 0.1) is 10.6 Å². The van der Waals surface area contributed by atoms with Crippen LogP contribution in [0.4, 0.5) is 5.82 Å². The van der Waals surface area contributed by atoms with Crippen molar-refractivity contribution in [1.29, 1.82) is 0 Å². The Balaban J connectivity index is 2.67. The molecule has 1 unspecified atom stereocenters. The Bertz CT molecular complexity index is 407. The molecule has 0 fully saturated rings. The number of hydrogen-bond donors (Lipinski definition) is 2. The highest BCUT2D eigenvalue weighted by atomic mass is 35.5. The van der Waals surface area contributed by atoms with Gasteiger partial charge < -0.3 is 11.1 Å². The molecule has 1 heterocycles. The van der Waals surface area contributed by atoms with Crippen LogP contribution in [-0.4, -0.2) is 17.4 Å². The van der Waals surface area contributed by atoms with Crippen LogP contribution >= 0.6 is 11.6 Å². The predicted molar refractivity (Wildman–Crippen MR) is 70.0 cm³/mol. The zero-order chi connectivity index (χ0) is 13.0. The molecule has 1 aromatic rings. The number of carbonyl (C=O) groups is 1. The van der Waals surface area contributed by atoms with Crippen LogP contribution < -0.4 is 11.1 Å². The average Bonchev–Trinajstić information content (AvgIpc) is 2.28. The van der Waals surface area contributed by atoms with Crippen molar-refractivity contribution in [2.45, 2.75) is 20.8 Å². The molecule has 4 nitrogen and oxygen atoms in total. The molecule has 0 aliphatic carbocycles. The molecule has 94 valence electrons. The lowest BCUT2D eigenvalue weighted by Gasteiger charge is -2.16. The average molecular weight is 256 g/mol. The predicted octanol–water partition coefficient (Wildman–Crippen LogP) is 2.34. The highest BCUT2D eigenvalue weighted by molar-refractivity contribution is 6.33. The Hall–Kier alpha value is -1.29. The summed E-state index contributed by atoms with van der Waals surface area (Å²) >= 11 is 5.89. The molecular formula is C12H18ClN3O. The van der Waals surface area contributed by atoms with E-state index < -0.39 is 0 Å². The molecule has 0 aromatic carbocycles. The van der Waals surface area contributed by atoms with Crippen LogP contribution in [-0.2, 0) is 0 Å². The summed E-state index contributed by atoms with van der Waals surface area (Å²) in [6, 6.07) is 1.48. The van der Waals surface area contributed by atoms with E-state index in [4.69, 9.17) is 17.3 Å². The number of pyridine rings is 1. The van der Waals surface area contributed by atoms with Gasteiger partial charge in [-0.1, -0.05) is 32.4 Å². The fourth-order valence-electron chi connectivity index (χ4n) is 1.21. The van der Waals surface area contributed by atoms with Crippen molar-refractivity contribution in [3.63, 3.8) is 0 Å². The normalized spacial score (nSPS) is 12.5. The number of nitrogens with one attached hydrogen (secondary N) is 1. The molecule has 1 aromatic heterocycles. The number of anilines is 1. The lowest BCUT2D eigenvalue weighted by molar-refractivity contribution is 0.0945. The van der Waals surface area contributed by atoms with Crippen molar-refractivity contribution in [3.8, 4) is 0 Å². The first-order valence-corrected chi connectivity index (χ1v) is 5.98. The summed E-state index contributed by atoms with van der Waals surface area (Å²) < 4.78 is 0. The lowest BCUT2D eigenvalue weighted by atomic mass is 9.98. The van der Waals surface area contributed by atoms with Gasteiger partial charge >= 0.3 is 0 Å². The first-order valence-electron chi connectivity index (χ1n) is 5.61. The largest absolute Gasteiger partial charge is 0.384 e. The van der Waals surface area contributed by atoms with Crippen LogP contribution in [0.15, 0.2) is 12.3 Å². The zero-order valence-electron chi connectivity index (χ0n) is 10.3. The van der Waals surface area contributed by atoms with E-state index >= 15 is 0 Å². The molecule has 17 heavy (non-hydrogen) atoms. The van der Waals surface area contributed by atoms with Crippen molar-refractivity contribution in [2.75, 3.05) is 12.3 Å². The third kappa shape index (κ3) is 3.89. The second-order valence-corrected chi connectivity index (χ2v) is 4.93. The highest BCUT2D eigenvalue weighted by Gasteiger charge is 2.13. The molecule has 0 bridgehead atoms. The molecule has 0 spiro atoms. The Kier molecular flexibility index (Phi) is 4.75. The molecule has 5 heteroatoms. The summed E-state index contributed by atoms with van der Waals surface area (Å²) in [7, 11) is 0.